The number of amides is 4. The van der Waals surface area contributed by atoms with Gasteiger partial charge >= 0.3 is 12.1 Å². The summed E-state index contributed by atoms with van der Waals surface area (Å²) in [6.07, 6.45) is 4.81. The van der Waals surface area contributed by atoms with Gasteiger partial charge in [-0.15, -0.1) is 0 Å². The van der Waals surface area contributed by atoms with E-state index < -0.39 is 0 Å². The Hall–Kier alpha value is -3.29. The molecule has 0 saturated carbocycles. The van der Waals surface area contributed by atoms with Gasteiger partial charge in [0.05, 0.1) is 0 Å². The molecule has 0 radical (unpaired) electrons. The lowest BCUT2D eigenvalue weighted by atomic mass is 9.98. The number of benzene rings is 1. The van der Waals surface area contributed by atoms with Crippen molar-refractivity contribution >= 4 is 17.7 Å². The highest BCUT2D eigenvalue weighted by molar-refractivity contribution is 5.89. The van der Waals surface area contributed by atoms with Gasteiger partial charge in [-0.25, -0.2) is 9.59 Å². The summed E-state index contributed by atoms with van der Waals surface area (Å²) in [4.78, 5) is 41.8. The maximum absolute atomic E-state index is 12.7. The average Bonchev–Trinajstić information content (AvgIpc) is 3.24. The summed E-state index contributed by atoms with van der Waals surface area (Å²) in [6.45, 7) is 3.99. The zero-order chi connectivity index (χ0) is 22.5. The third-order valence-electron chi connectivity index (χ3n) is 6.26. The fraction of sp³-hybridized carbons (Fsp3) is 0.458. The van der Waals surface area contributed by atoms with Gasteiger partial charge in [0.25, 0.3) is 5.56 Å². The lowest BCUT2D eigenvalue weighted by Gasteiger charge is -2.32. The monoisotopic (exact) mass is 437 g/mol. The summed E-state index contributed by atoms with van der Waals surface area (Å²) in [5.74, 6) is 0.196. The minimum atomic E-state index is -0.244. The highest BCUT2D eigenvalue weighted by atomic mass is 16.2. The minimum Gasteiger partial charge on any atom is -0.338 e. The number of carbonyl (C=O) groups excluding carboxylic acids is 2. The Kier molecular flexibility index (Phi) is 6.78. The highest BCUT2D eigenvalue weighted by Crippen LogP contribution is 2.19. The highest BCUT2D eigenvalue weighted by Gasteiger charge is 2.24. The number of aromatic amines is 1. The second-order valence-electron chi connectivity index (χ2n) is 8.80. The van der Waals surface area contributed by atoms with E-state index in [2.05, 4.69) is 20.9 Å². The first kappa shape index (κ1) is 21.9. The Morgan fingerprint density at radius 1 is 1.12 bits per heavy atom. The molecule has 1 fully saturated rings. The number of pyridine rings is 1. The van der Waals surface area contributed by atoms with E-state index in [0.717, 1.165) is 49.0 Å². The number of hydrogen-bond donors (Lipinski definition) is 4. The van der Waals surface area contributed by atoms with Crippen LogP contribution in [0.5, 0.6) is 0 Å². The number of nitrogens with one attached hydrogen (secondary N) is 4. The number of hydrogen-bond acceptors (Lipinski definition) is 3. The number of aromatic nitrogens is 1. The standard InChI is InChI=1S/C24H31N5O3/c1-16-7-9-20(10-8-16)27-23(31)25-13-17-4-3-11-29(15-17)24(32)26-14-19-12-18-5-2-6-21(18)28-22(19)30/h7-10,12,17H,2-6,11,13-15H2,1H3,(H,26,32)(H,28,30)(H2,25,27,31). The van der Waals surface area contributed by atoms with Crippen LogP contribution in [-0.2, 0) is 19.4 Å². The van der Waals surface area contributed by atoms with Gasteiger partial charge in [0.1, 0.15) is 0 Å². The van der Waals surface area contributed by atoms with E-state index in [1.165, 1.54) is 5.56 Å². The Morgan fingerprint density at radius 3 is 2.75 bits per heavy atom. The molecular formula is C24H31N5O3. The molecule has 2 aromatic rings. The second-order valence-corrected chi connectivity index (χ2v) is 8.80. The quantitative estimate of drug-likeness (QED) is 0.578. The first-order valence-electron chi connectivity index (χ1n) is 11.4. The van der Waals surface area contributed by atoms with E-state index >= 15 is 0 Å². The second kappa shape index (κ2) is 9.89. The molecular weight excluding hydrogens is 406 g/mol. The van der Waals surface area contributed by atoms with E-state index in [9.17, 15) is 14.4 Å². The third kappa shape index (κ3) is 5.49. The zero-order valence-electron chi connectivity index (χ0n) is 18.5. The largest absolute Gasteiger partial charge is 0.338 e. The number of piperidine rings is 1. The van der Waals surface area contributed by atoms with Crippen molar-refractivity contribution in [2.24, 2.45) is 5.92 Å². The number of nitrogens with zero attached hydrogens (tertiary/aromatic N) is 1. The Bertz CT molecular complexity index is 1030. The van der Waals surface area contributed by atoms with E-state index in [1.54, 1.807) is 4.90 Å². The van der Waals surface area contributed by atoms with Crippen molar-refractivity contribution in [3.8, 4) is 0 Å². The van der Waals surface area contributed by atoms with Crippen LogP contribution in [0.1, 0.15) is 41.6 Å². The summed E-state index contributed by atoms with van der Waals surface area (Å²) in [5, 5.41) is 8.63. The van der Waals surface area contributed by atoms with Crippen LogP contribution in [0.4, 0.5) is 15.3 Å². The number of rotatable bonds is 5. The smallest absolute Gasteiger partial charge is 0.319 e. The van der Waals surface area contributed by atoms with Crippen molar-refractivity contribution in [2.45, 2.75) is 45.6 Å². The van der Waals surface area contributed by atoms with Gasteiger partial charge in [0.2, 0.25) is 0 Å². The van der Waals surface area contributed by atoms with Crippen LogP contribution >= 0.6 is 0 Å². The Morgan fingerprint density at radius 2 is 1.94 bits per heavy atom. The number of likely N-dealkylation sites (tertiary alicyclic amines) is 1. The Labute approximate surface area is 187 Å². The van der Waals surface area contributed by atoms with Crippen molar-refractivity contribution in [3.05, 3.63) is 63.1 Å². The van der Waals surface area contributed by atoms with Crippen LogP contribution in [0.25, 0.3) is 0 Å². The number of urea groups is 2. The van der Waals surface area contributed by atoms with Gasteiger partial charge in [0, 0.05) is 43.1 Å². The maximum atomic E-state index is 12.7. The van der Waals surface area contributed by atoms with Crippen molar-refractivity contribution in [3.63, 3.8) is 0 Å². The van der Waals surface area contributed by atoms with Crippen LogP contribution < -0.4 is 21.5 Å². The zero-order valence-corrected chi connectivity index (χ0v) is 18.5. The molecule has 0 spiro atoms. The molecule has 4 amide bonds. The van der Waals surface area contributed by atoms with Gasteiger partial charge in [-0.05, 0) is 68.7 Å². The number of aryl methyl sites for hydroxylation is 3. The first-order chi connectivity index (χ1) is 15.5. The fourth-order valence-corrected chi connectivity index (χ4v) is 4.44. The van der Waals surface area contributed by atoms with Crippen molar-refractivity contribution < 1.29 is 9.59 Å². The van der Waals surface area contributed by atoms with Gasteiger partial charge < -0.3 is 25.8 Å². The Balaban J connectivity index is 1.23. The number of H-pyrrole nitrogens is 1. The van der Waals surface area contributed by atoms with Crippen molar-refractivity contribution in [2.75, 3.05) is 25.0 Å². The first-order valence-corrected chi connectivity index (χ1v) is 11.4. The molecule has 4 rings (SSSR count). The summed E-state index contributed by atoms with van der Waals surface area (Å²) in [5.41, 5.74) is 4.58. The van der Waals surface area contributed by atoms with Crippen LogP contribution in [0.15, 0.2) is 35.1 Å². The molecule has 2 aliphatic rings. The molecule has 1 atom stereocenters. The van der Waals surface area contributed by atoms with Gasteiger partial charge in [-0.2, -0.15) is 0 Å². The predicted octanol–water partition coefficient (Wildman–Crippen LogP) is 2.92. The summed E-state index contributed by atoms with van der Waals surface area (Å²) in [7, 11) is 0. The molecule has 170 valence electrons. The molecule has 8 nitrogen and oxygen atoms in total. The summed E-state index contributed by atoms with van der Waals surface area (Å²) in [6, 6.07) is 9.15. The molecule has 8 heteroatoms. The molecule has 1 aromatic carbocycles. The molecule has 1 aliphatic heterocycles. The van der Waals surface area contributed by atoms with E-state index in [4.69, 9.17) is 0 Å². The summed E-state index contributed by atoms with van der Waals surface area (Å²) < 4.78 is 0. The van der Waals surface area contributed by atoms with Gasteiger partial charge in [0.15, 0.2) is 0 Å². The number of fused-ring (bicyclic) bond motifs is 1. The molecule has 1 aliphatic carbocycles. The van der Waals surface area contributed by atoms with Crippen molar-refractivity contribution in [1.29, 1.82) is 0 Å². The third-order valence-corrected chi connectivity index (χ3v) is 6.26. The van der Waals surface area contributed by atoms with Gasteiger partial charge in [-0.3, -0.25) is 4.79 Å². The molecule has 1 aromatic heterocycles. The van der Waals surface area contributed by atoms with Crippen LogP contribution in [0.2, 0.25) is 0 Å². The number of anilines is 1. The molecule has 1 saturated heterocycles. The minimum absolute atomic E-state index is 0.119. The fourth-order valence-electron chi connectivity index (χ4n) is 4.44. The summed E-state index contributed by atoms with van der Waals surface area (Å²) >= 11 is 0. The van der Waals surface area contributed by atoms with E-state index in [-0.39, 0.29) is 30.1 Å². The van der Waals surface area contributed by atoms with E-state index in [0.29, 0.717) is 25.2 Å². The van der Waals surface area contributed by atoms with Crippen LogP contribution in [-0.4, -0.2) is 41.6 Å². The molecule has 4 N–H and O–H groups in total. The lowest BCUT2D eigenvalue weighted by molar-refractivity contribution is 0.164. The van der Waals surface area contributed by atoms with Crippen LogP contribution in [0.3, 0.4) is 0 Å². The SMILES string of the molecule is Cc1ccc(NC(=O)NCC2CCCN(C(=O)NCc3cc4c([nH]c3=O)CCC4)C2)cc1. The normalized spacial score (nSPS) is 17.5. The molecule has 2 heterocycles. The lowest BCUT2D eigenvalue weighted by Crippen LogP contribution is -2.48. The van der Waals surface area contributed by atoms with Crippen molar-refractivity contribution in [1.82, 2.24) is 20.5 Å². The van der Waals surface area contributed by atoms with Crippen LogP contribution in [0, 0.1) is 12.8 Å². The molecule has 32 heavy (non-hydrogen) atoms. The molecule has 1 unspecified atom stereocenters. The van der Waals surface area contributed by atoms with E-state index in [1.807, 2.05) is 37.3 Å². The maximum Gasteiger partial charge on any atom is 0.319 e. The number of carbonyl (C=O) groups is 2. The average molecular weight is 438 g/mol. The predicted molar refractivity (Wildman–Crippen MR) is 124 cm³/mol. The topological polar surface area (TPSA) is 106 Å². The molecule has 0 bridgehead atoms. The van der Waals surface area contributed by atoms with Gasteiger partial charge in [-0.1, -0.05) is 17.7 Å².